The minimum Gasteiger partial charge on any atom is -0.481 e. The molecule has 1 saturated heterocycles. The van der Waals surface area contributed by atoms with Gasteiger partial charge in [-0.1, -0.05) is 0 Å². The highest BCUT2D eigenvalue weighted by Gasteiger charge is 2.28. The molecule has 1 amide bonds. The molecule has 6 heteroatoms. The van der Waals surface area contributed by atoms with Gasteiger partial charge >= 0.3 is 5.97 Å². The number of hydrogen-bond acceptors (Lipinski definition) is 4. The van der Waals surface area contributed by atoms with Gasteiger partial charge in [-0.3, -0.25) is 14.5 Å². The van der Waals surface area contributed by atoms with Gasteiger partial charge in [-0.05, 0) is 0 Å². The second kappa shape index (κ2) is 5.67. The maximum atomic E-state index is 11.4. The SMILES string of the molecule is CNC(=O)C1COCCN1CCC(=O)O. The van der Waals surface area contributed by atoms with Crippen LogP contribution in [-0.2, 0) is 14.3 Å². The molecule has 0 radical (unpaired) electrons. The summed E-state index contributed by atoms with van der Waals surface area (Å²) in [6.07, 6.45) is 0.0491. The number of hydrogen-bond donors (Lipinski definition) is 2. The summed E-state index contributed by atoms with van der Waals surface area (Å²) in [6.45, 7) is 1.87. The van der Waals surface area contributed by atoms with E-state index in [9.17, 15) is 9.59 Å². The summed E-state index contributed by atoms with van der Waals surface area (Å²) in [7, 11) is 1.56. The van der Waals surface area contributed by atoms with Crippen LogP contribution in [0.4, 0.5) is 0 Å². The molecule has 1 atom stereocenters. The van der Waals surface area contributed by atoms with Crippen LogP contribution in [-0.4, -0.2) is 61.3 Å². The van der Waals surface area contributed by atoms with Gasteiger partial charge in [0.25, 0.3) is 0 Å². The zero-order chi connectivity index (χ0) is 11.3. The van der Waals surface area contributed by atoms with Gasteiger partial charge in [0.2, 0.25) is 5.91 Å². The van der Waals surface area contributed by atoms with Crippen LogP contribution in [0.2, 0.25) is 0 Å². The third-order valence-corrected chi connectivity index (χ3v) is 2.40. The van der Waals surface area contributed by atoms with E-state index in [-0.39, 0.29) is 18.4 Å². The maximum absolute atomic E-state index is 11.4. The first kappa shape index (κ1) is 11.9. The fourth-order valence-electron chi connectivity index (χ4n) is 1.55. The van der Waals surface area contributed by atoms with E-state index in [1.165, 1.54) is 0 Å². The number of carboxylic acids is 1. The Morgan fingerprint density at radius 1 is 1.60 bits per heavy atom. The second-order valence-electron chi connectivity index (χ2n) is 3.38. The quantitative estimate of drug-likeness (QED) is 0.624. The van der Waals surface area contributed by atoms with Crippen LogP contribution >= 0.6 is 0 Å². The molecule has 0 aromatic carbocycles. The number of likely N-dealkylation sites (N-methyl/N-ethyl adjacent to an activating group) is 1. The normalized spacial score (nSPS) is 22.3. The van der Waals surface area contributed by atoms with Gasteiger partial charge < -0.3 is 15.2 Å². The molecule has 0 bridgehead atoms. The van der Waals surface area contributed by atoms with Crippen molar-refractivity contribution in [1.82, 2.24) is 10.2 Å². The number of nitrogens with zero attached hydrogens (tertiary/aromatic N) is 1. The van der Waals surface area contributed by atoms with Crippen LogP contribution in [0.15, 0.2) is 0 Å². The Labute approximate surface area is 88.2 Å². The molecule has 0 saturated carbocycles. The molecule has 1 fully saturated rings. The molecule has 0 spiro atoms. The first-order chi connectivity index (χ1) is 7.15. The fraction of sp³-hybridized carbons (Fsp3) is 0.778. The first-order valence-corrected chi connectivity index (χ1v) is 4.90. The lowest BCUT2D eigenvalue weighted by atomic mass is 10.2. The number of amides is 1. The number of carboxylic acid groups (broad SMARTS) is 1. The van der Waals surface area contributed by atoms with Gasteiger partial charge in [-0.15, -0.1) is 0 Å². The van der Waals surface area contributed by atoms with E-state index < -0.39 is 5.97 Å². The molecule has 1 aliphatic heterocycles. The predicted octanol–water partition coefficient (Wildman–Crippen LogP) is -1.09. The number of aliphatic carboxylic acids is 1. The van der Waals surface area contributed by atoms with E-state index in [4.69, 9.17) is 9.84 Å². The molecular formula is C9H16N2O4. The average molecular weight is 216 g/mol. The largest absolute Gasteiger partial charge is 0.481 e. The second-order valence-corrected chi connectivity index (χ2v) is 3.38. The predicted molar refractivity (Wildman–Crippen MR) is 52.5 cm³/mol. The van der Waals surface area contributed by atoms with Crippen molar-refractivity contribution in [2.45, 2.75) is 12.5 Å². The lowest BCUT2D eigenvalue weighted by Crippen LogP contribution is -2.53. The Morgan fingerprint density at radius 2 is 2.33 bits per heavy atom. The lowest BCUT2D eigenvalue weighted by molar-refractivity contribution is -0.140. The average Bonchev–Trinajstić information content (AvgIpc) is 2.25. The summed E-state index contributed by atoms with van der Waals surface area (Å²) in [5, 5.41) is 11.1. The van der Waals surface area contributed by atoms with Crippen molar-refractivity contribution < 1.29 is 19.4 Å². The number of carbonyl (C=O) groups excluding carboxylic acids is 1. The number of rotatable bonds is 4. The van der Waals surface area contributed by atoms with Crippen molar-refractivity contribution in [1.29, 1.82) is 0 Å². The van der Waals surface area contributed by atoms with Crippen molar-refractivity contribution in [3.05, 3.63) is 0 Å². The Kier molecular flexibility index (Phi) is 4.51. The van der Waals surface area contributed by atoms with E-state index in [0.717, 1.165) is 0 Å². The van der Waals surface area contributed by atoms with E-state index in [0.29, 0.717) is 26.3 Å². The van der Waals surface area contributed by atoms with Crippen LogP contribution in [0.1, 0.15) is 6.42 Å². The molecule has 2 N–H and O–H groups in total. The zero-order valence-electron chi connectivity index (χ0n) is 8.73. The third-order valence-electron chi connectivity index (χ3n) is 2.40. The molecule has 1 aliphatic rings. The Morgan fingerprint density at radius 3 is 2.93 bits per heavy atom. The summed E-state index contributed by atoms with van der Waals surface area (Å²) in [5.74, 6) is -0.975. The third kappa shape index (κ3) is 3.49. The van der Waals surface area contributed by atoms with Crippen molar-refractivity contribution in [3.8, 4) is 0 Å². The van der Waals surface area contributed by atoms with Crippen LogP contribution < -0.4 is 5.32 Å². The first-order valence-electron chi connectivity index (χ1n) is 4.90. The van der Waals surface area contributed by atoms with Crippen molar-refractivity contribution in [2.75, 3.05) is 33.4 Å². The molecule has 6 nitrogen and oxygen atoms in total. The van der Waals surface area contributed by atoms with E-state index >= 15 is 0 Å². The Balaban J connectivity index is 2.49. The zero-order valence-corrected chi connectivity index (χ0v) is 8.73. The van der Waals surface area contributed by atoms with Crippen molar-refractivity contribution in [3.63, 3.8) is 0 Å². The van der Waals surface area contributed by atoms with Gasteiger partial charge in [0, 0.05) is 20.1 Å². The Hall–Kier alpha value is -1.14. The maximum Gasteiger partial charge on any atom is 0.304 e. The van der Waals surface area contributed by atoms with Crippen LogP contribution in [0.5, 0.6) is 0 Å². The van der Waals surface area contributed by atoms with Crippen molar-refractivity contribution in [2.24, 2.45) is 0 Å². The topological polar surface area (TPSA) is 78.9 Å². The summed E-state index contributed by atoms with van der Waals surface area (Å²) in [6, 6.07) is -0.358. The number of nitrogens with one attached hydrogen (secondary N) is 1. The fourth-order valence-corrected chi connectivity index (χ4v) is 1.55. The molecule has 1 heterocycles. The minimum atomic E-state index is -0.850. The van der Waals surface area contributed by atoms with Crippen LogP contribution in [0, 0.1) is 0 Å². The lowest BCUT2D eigenvalue weighted by Gasteiger charge is -2.33. The van der Waals surface area contributed by atoms with Gasteiger partial charge in [-0.25, -0.2) is 0 Å². The van der Waals surface area contributed by atoms with Crippen LogP contribution in [0.25, 0.3) is 0 Å². The Bertz CT molecular complexity index is 244. The summed E-state index contributed by atoms with van der Waals surface area (Å²) in [4.78, 5) is 23.7. The van der Waals surface area contributed by atoms with E-state index in [1.54, 1.807) is 7.05 Å². The molecular weight excluding hydrogens is 200 g/mol. The molecule has 1 rings (SSSR count). The minimum absolute atomic E-state index is 0.0491. The molecule has 1 unspecified atom stereocenters. The molecule has 0 aromatic rings. The smallest absolute Gasteiger partial charge is 0.304 e. The van der Waals surface area contributed by atoms with Crippen molar-refractivity contribution >= 4 is 11.9 Å². The summed E-state index contributed by atoms with van der Waals surface area (Å²) >= 11 is 0. The van der Waals surface area contributed by atoms with E-state index in [1.807, 2.05) is 4.90 Å². The molecule has 86 valence electrons. The van der Waals surface area contributed by atoms with E-state index in [2.05, 4.69) is 5.32 Å². The molecule has 15 heavy (non-hydrogen) atoms. The summed E-state index contributed by atoms with van der Waals surface area (Å²) in [5.41, 5.74) is 0. The standard InChI is InChI=1S/C9H16N2O4/c1-10-9(14)7-6-15-5-4-11(7)3-2-8(12)13/h7H,2-6H2,1H3,(H,10,14)(H,12,13). The van der Waals surface area contributed by atoms with Gasteiger partial charge in [-0.2, -0.15) is 0 Å². The highest BCUT2D eigenvalue weighted by molar-refractivity contribution is 5.81. The summed E-state index contributed by atoms with van der Waals surface area (Å²) < 4.78 is 5.19. The number of ether oxygens (including phenoxy) is 1. The molecule has 0 aromatic heterocycles. The number of carbonyl (C=O) groups is 2. The van der Waals surface area contributed by atoms with Gasteiger partial charge in [0.15, 0.2) is 0 Å². The highest BCUT2D eigenvalue weighted by atomic mass is 16.5. The highest BCUT2D eigenvalue weighted by Crippen LogP contribution is 2.07. The van der Waals surface area contributed by atoms with Gasteiger partial charge in [0.05, 0.1) is 19.6 Å². The monoisotopic (exact) mass is 216 g/mol. The van der Waals surface area contributed by atoms with Gasteiger partial charge in [0.1, 0.15) is 6.04 Å². The number of morpholine rings is 1. The van der Waals surface area contributed by atoms with Crippen LogP contribution in [0.3, 0.4) is 0 Å². The molecule has 0 aliphatic carbocycles.